The van der Waals surface area contributed by atoms with Crippen LogP contribution in [0.1, 0.15) is 35.9 Å². The van der Waals surface area contributed by atoms with Crippen molar-refractivity contribution in [2.24, 2.45) is 0 Å². The number of aromatic amines is 1. The van der Waals surface area contributed by atoms with Crippen LogP contribution >= 0.6 is 11.3 Å². The van der Waals surface area contributed by atoms with Gasteiger partial charge in [-0.1, -0.05) is 13.8 Å². The van der Waals surface area contributed by atoms with E-state index in [4.69, 9.17) is 0 Å². The monoisotopic (exact) mass is 330 g/mol. The van der Waals surface area contributed by atoms with Crippen LogP contribution < -0.4 is 4.72 Å². The Bertz CT molecular complexity index is 748. The minimum atomic E-state index is -3.95. The summed E-state index contributed by atoms with van der Waals surface area (Å²) in [6.07, 6.45) is 0. The van der Waals surface area contributed by atoms with Gasteiger partial charge in [0, 0.05) is 11.8 Å². The van der Waals surface area contributed by atoms with Gasteiger partial charge < -0.3 is 4.74 Å². The second-order valence-corrected chi connectivity index (χ2v) is 7.18. The van der Waals surface area contributed by atoms with Gasteiger partial charge in [-0.3, -0.25) is 9.82 Å². The quantitative estimate of drug-likeness (QED) is 0.804. The Labute approximate surface area is 125 Å². The highest BCUT2D eigenvalue weighted by Crippen LogP contribution is 2.24. The summed E-state index contributed by atoms with van der Waals surface area (Å²) in [5, 5.41) is 6.62. The van der Waals surface area contributed by atoms with Gasteiger partial charge in [0.15, 0.2) is 15.7 Å². The number of esters is 1. The van der Waals surface area contributed by atoms with Crippen molar-refractivity contribution >= 4 is 33.1 Å². The number of aromatic nitrogens is 3. The second kappa shape index (κ2) is 5.82. The van der Waals surface area contributed by atoms with Gasteiger partial charge in [0.25, 0.3) is 10.0 Å². The zero-order valence-corrected chi connectivity index (χ0v) is 13.2. The first-order valence-electron chi connectivity index (χ1n) is 5.95. The third kappa shape index (κ3) is 3.22. The Morgan fingerprint density at radius 3 is 2.76 bits per heavy atom. The van der Waals surface area contributed by atoms with Crippen LogP contribution in [0, 0.1) is 0 Å². The molecule has 0 bridgehead atoms. The molecule has 8 nitrogen and oxygen atoms in total. The maximum absolute atomic E-state index is 12.3. The summed E-state index contributed by atoms with van der Waals surface area (Å²) < 4.78 is 31.2. The van der Waals surface area contributed by atoms with E-state index >= 15 is 0 Å². The number of nitrogens with one attached hydrogen (secondary N) is 2. The van der Waals surface area contributed by atoms with Crippen molar-refractivity contribution < 1.29 is 17.9 Å². The highest BCUT2D eigenvalue weighted by atomic mass is 32.2. The Morgan fingerprint density at radius 2 is 2.19 bits per heavy atom. The third-order valence-corrected chi connectivity index (χ3v) is 5.34. The van der Waals surface area contributed by atoms with E-state index in [0.717, 1.165) is 24.1 Å². The molecule has 0 aliphatic carbocycles. The third-order valence-electron chi connectivity index (χ3n) is 2.62. The Morgan fingerprint density at radius 1 is 1.48 bits per heavy atom. The SMILES string of the molecule is COC(=O)c1ncsc1S(=O)(=O)Nc1cc(C(C)C)[nH]n1. The lowest BCUT2D eigenvalue weighted by Gasteiger charge is -2.04. The minimum absolute atomic E-state index is 0.155. The Hall–Kier alpha value is -1.94. The van der Waals surface area contributed by atoms with Gasteiger partial charge in [-0.15, -0.1) is 11.3 Å². The Kier molecular flexibility index (Phi) is 4.28. The molecule has 0 spiro atoms. The molecule has 0 unspecified atom stereocenters. The summed E-state index contributed by atoms with van der Waals surface area (Å²) in [6.45, 7) is 3.90. The van der Waals surface area contributed by atoms with Crippen LogP contribution in [0.25, 0.3) is 0 Å². The molecule has 0 amide bonds. The predicted molar refractivity (Wildman–Crippen MR) is 76.9 cm³/mol. The average molecular weight is 330 g/mol. The van der Waals surface area contributed by atoms with E-state index in [2.05, 4.69) is 24.6 Å². The fourth-order valence-corrected chi connectivity index (χ4v) is 3.65. The van der Waals surface area contributed by atoms with Crippen LogP contribution in [0.4, 0.5) is 5.82 Å². The van der Waals surface area contributed by atoms with Crippen molar-refractivity contribution in [2.45, 2.75) is 24.0 Å². The van der Waals surface area contributed by atoms with Crippen molar-refractivity contribution in [1.82, 2.24) is 15.2 Å². The lowest BCUT2D eigenvalue weighted by molar-refractivity contribution is 0.0590. The van der Waals surface area contributed by atoms with E-state index in [1.807, 2.05) is 13.8 Å². The van der Waals surface area contributed by atoms with Crippen LogP contribution in [-0.2, 0) is 14.8 Å². The Balaban J connectivity index is 2.30. The molecule has 0 saturated carbocycles. The van der Waals surface area contributed by atoms with Crippen LogP contribution in [0.3, 0.4) is 0 Å². The molecule has 0 aliphatic rings. The van der Waals surface area contributed by atoms with E-state index in [9.17, 15) is 13.2 Å². The fraction of sp³-hybridized carbons (Fsp3) is 0.364. The number of nitrogens with zero attached hydrogens (tertiary/aromatic N) is 2. The molecule has 2 heterocycles. The van der Waals surface area contributed by atoms with Crippen molar-refractivity contribution in [1.29, 1.82) is 0 Å². The summed E-state index contributed by atoms with van der Waals surface area (Å²) in [4.78, 5) is 15.2. The molecule has 0 aromatic carbocycles. The number of hydrogen-bond donors (Lipinski definition) is 2. The summed E-state index contributed by atoms with van der Waals surface area (Å²) in [5.74, 6) is -0.464. The van der Waals surface area contributed by atoms with Crippen molar-refractivity contribution in [3.05, 3.63) is 23.0 Å². The van der Waals surface area contributed by atoms with E-state index in [0.29, 0.717) is 0 Å². The van der Waals surface area contributed by atoms with Gasteiger partial charge in [-0.05, 0) is 5.92 Å². The molecule has 0 fully saturated rings. The van der Waals surface area contributed by atoms with E-state index < -0.39 is 16.0 Å². The highest BCUT2D eigenvalue weighted by molar-refractivity contribution is 7.94. The molecule has 0 aliphatic heterocycles. The van der Waals surface area contributed by atoms with Gasteiger partial charge in [-0.2, -0.15) is 5.10 Å². The topological polar surface area (TPSA) is 114 Å². The van der Waals surface area contributed by atoms with Gasteiger partial charge in [0.1, 0.15) is 0 Å². The molecule has 2 aromatic rings. The number of thiazole rings is 1. The zero-order valence-electron chi connectivity index (χ0n) is 11.6. The number of methoxy groups -OCH3 is 1. The summed E-state index contributed by atoms with van der Waals surface area (Å²) >= 11 is 0.832. The predicted octanol–water partition coefficient (Wildman–Crippen LogP) is 1.58. The average Bonchev–Trinajstić information content (AvgIpc) is 3.05. The zero-order chi connectivity index (χ0) is 15.6. The van der Waals surface area contributed by atoms with E-state index in [1.165, 1.54) is 5.51 Å². The van der Waals surface area contributed by atoms with E-state index in [-0.39, 0.29) is 21.6 Å². The number of carbonyl (C=O) groups is 1. The first-order chi connectivity index (χ1) is 9.85. The maximum atomic E-state index is 12.3. The number of hydrogen-bond acceptors (Lipinski definition) is 7. The van der Waals surface area contributed by atoms with Crippen molar-refractivity contribution in [3.8, 4) is 0 Å². The molecular weight excluding hydrogens is 316 g/mol. The number of carbonyl (C=O) groups excluding carboxylic acids is 1. The van der Waals surface area contributed by atoms with Gasteiger partial charge in [0.2, 0.25) is 0 Å². The number of H-pyrrole nitrogens is 1. The standard InChI is InChI=1S/C11H14N4O4S2/c1-6(2)7-4-8(14-13-7)15-21(17,18)11-9(10(16)19-3)12-5-20-11/h4-6H,1-3H3,(H2,13,14,15). The van der Waals surface area contributed by atoms with Crippen molar-refractivity contribution in [2.75, 3.05) is 11.8 Å². The molecule has 21 heavy (non-hydrogen) atoms. The van der Waals surface area contributed by atoms with E-state index in [1.54, 1.807) is 6.07 Å². The molecule has 0 saturated heterocycles. The fourth-order valence-electron chi connectivity index (χ4n) is 1.53. The summed E-state index contributed by atoms with van der Waals surface area (Å²) in [5.41, 5.74) is 1.82. The van der Waals surface area contributed by atoms with Gasteiger partial charge >= 0.3 is 5.97 Å². The normalized spacial score (nSPS) is 11.6. The molecule has 114 valence electrons. The molecule has 2 rings (SSSR count). The van der Waals surface area contributed by atoms with Gasteiger partial charge in [-0.25, -0.2) is 18.2 Å². The molecule has 10 heteroatoms. The van der Waals surface area contributed by atoms with Gasteiger partial charge in [0.05, 0.1) is 12.6 Å². The first kappa shape index (κ1) is 15.4. The number of anilines is 1. The molecule has 0 atom stereocenters. The number of sulfonamides is 1. The van der Waals surface area contributed by atoms with Crippen molar-refractivity contribution in [3.63, 3.8) is 0 Å². The first-order valence-corrected chi connectivity index (χ1v) is 8.31. The molecule has 2 aromatic heterocycles. The maximum Gasteiger partial charge on any atom is 0.358 e. The second-order valence-electron chi connectivity index (χ2n) is 4.45. The highest BCUT2D eigenvalue weighted by Gasteiger charge is 2.27. The lowest BCUT2D eigenvalue weighted by Crippen LogP contribution is -2.16. The van der Waals surface area contributed by atoms with Crippen LogP contribution in [0.5, 0.6) is 0 Å². The summed E-state index contributed by atoms with van der Waals surface area (Å²) in [7, 11) is -2.78. The number of rotatable bonds is 5. The molecular formula is C11H14N4O4S2. The molecule has 2 N–H and O–H groups in total. The summed E-state index contributed by atoms with van der Waals surface area (Å²) in [6, 6.07) is 1.60. The van der Waals surface area contributed by atoms with Crippen LogP contribution in [-0.4, -0.2) is 36.7 Å². The van der Waals surface area contributed by atoms with Crippen LogP contribution in [0.15, 0.2) is 15.8 Å². The number of ether oxygens (including phenoxy) is 1. The van der Waals surface area contributed by atoms with Crippen LogP contribution in [0.2, 0.25) is 0 Å². The minimum Gasteiger partial charge on any atom is -0.464 e. The molecule has 0 radical (unpaired) electrons. The smallest absolute Gasteiger partial charge is 0.358 e. The lowest BCUT2D eigenvalue weighted by atomic mass is 10.1. The largest absolute Gasteiger partial charge is 0.464 e.